The van der Waals surface area contributed by atoms with Crippen LogP contribution in [0.5, 0.6) is 0 Å². The van der Waals surface area contributed by atoms with Gasteiger partial charge in [0.15, 0.2) is 0 Å². The van der Waals surface area contributed by atoms with Gasteiger partial charge < -0.3 is 0 Å². The number of hydrogen-bond acceptors (Lipinski definition) is 3. The Morgan fingerprint density at radius 2 is 2.15 bits per heavy atom. The van der Waals surface area contributed by atoms with E-state index in [2.05, 4.69) is 4.72 Å². The Morgan fingerprint density at radius 3 is 2.75 bits per heavy atom. The molecule has 1 aromatic rings. The van der Waals surface area contributed by atoms with E-state index in [0.717, 1.165) is 15.4 Å². The van der Waals surface area contributed by atoms with Crippen LogP contribution in [0.3, 0.4) is 0 Å². The van der Waals surface area contributed by atoms with E-state index in [1.165, 1.54) is 7.05 Å². The zero-order chi connectivity index (χ0) is 14.9. The van der Waals surface area contributed by atoms with Crippen molar-refractivity contribution in [3.63, 3.8) is 0 Å². The molecule has 0 aromatic heterocycles. The fourth-order valence-electron chi connectivity index (χ4n) is 2.20. The second-order valence-corrected chi connectivity index (χ2v) is 7.03. The highest BCUT2D eigenvalue weighted by molar-refractivity contribution is 7.87. The van der Waals surface area contributed by atoms with Crippen molar-refractivity contribution in [1.82, 2.24) is 9.03 Å². The largest absolute Gasteiger partial charge is 0.303 e. The maximum atomic E-state index is 12.0. The van der Waals surface area contributed by atoms with E-state index < -0.39 is 16.1 Å². The van der Waals surface area contributed by atoms with Gasteiger partial charge in [-0.05, 0) is 24.8 Å². The Hall–Kier alpha value is -1.40. The first kappa shape index (κ1) is 15.0. The number of benzene rings is 1. The number of rotatable bonds is 5. The maximum absolute atomic E-state index is 12.0. The van der Waals surface area contributed by atoms with Crippen LogP contribution in [0, 0.1) is 12.8 Å². The van der Waals surface area contributed by atoms with E-state index >= 15 is 0 Å². The van der Waals surface area contributed by atoms with Crippen LogP contribution >= 0.6 is 0 Å². The van der Waals surface area contributed by atoms with Gasteiger partial charge in [0.05, 0.1) is 0 Å². The van der Waals surface area contributed by atoms with E-state index in [9.17, 15) is 13.2 Å². The van der Waals surface area contributed by atoms with Gasteiger partial charge in [-0.2, -0.15) is 12.7 Å². The van der Waals surface area contributed by atoms with Crippen LogP contribution < -0.4 is 4.72 Å². The summed E-state index contributed by atoms with van der Waals surface area (Å²) in [6.07, 6.45) is 0.709. The summed E-state index contributed by atoms with van der Waals surface area (Å²) in [6, 6.07) is 7.99. The molecule has 1 aliphatic rings. The van der Waals surface area contributed by atoms with Gasteiger partial charge >= 0.3 is 10.2 Å². The molecule has 20 heavy (non-hydrogen) atoms. The van der Waals surface area contributed by atoms with Crippen LogP contribution in [0.25, 0.3) is 0 Å². The first-order valence-electron chi connectivity index (χ1n) is 6.69. The van der Waals surface area contributed by atoms with Crippen molar-refractivity contribution in [3.8, 4) is 0 Å². The first-order valence-corrected chi connectivity index (χ1v) is 8.13. The van der Waals surface area contributed by atoms with Gasteiger partial charge in [0.25, 0.3) is 0 Å². The summed E-state index contributed by atoms with van der Waals surface area (Å²) in [7, 11) is -2.25. The lowest BCUT2D eigenvalue weighted by atomic mass is 10.1. The van der Waals surface area contributed by atoms with E-state index in [1.807, 2.05) is 31.2 Å². The molecule has 1 fully saturated rings. The Kier molecular flexibility index (Phi) is 4.15. The molecule has 0 radical (unpaired) electrons. The first-order chi connectivity index (χ1) is 9.35. The molecular weight excluding hydrogens is 276 g/mol. The number of nitrogens with zero attached hydrogens (tertiary/aromatic N) is 1. The van der Waals surface area contributed by atoms with Crippen molar-refractivity contribution in [3.05, 3.63) is 35.4 Å². The van der Waals surface area contributed by atoms with Crippen molar-refractivity contribution in [2.45, 2.75) is 26.2 Å². The van der Waals surface area contributed by atoms with Crippen LogP contribution in [-0.4, -0.2) is 32.2 Å². The summed E-state index contributed by atoms with van der Waals surface area (Å²) >= 11 is 0. The average molecular weight is 296 g/mol. The minimum atomic E-state index is -3.69. The van der Waals surface area contributed by atoms with E-state index in [1.54, 1.807) is 6.92 Å². The molecule has 1 aliphatic carbocycles. The molecule has 0 spiro atoms. The van der Waals surface area contributed by atoms with Crippen molar-refractivity contribution in [1.29, 1.82) is 0 Å². The summed E-state index contributed by atoms with van der Waals surface area (Å²) < 4.78 is 26.9. The van der Waals surface area contributed by atoms with Gasteiger partial charge in [-0.15, -0.1) is 0 Å². The standard InChI is InChI=1S/C14H20N2O3S/c1-4-16(3)20(18,19)15-14(17)13-9-12(13)11-7-5-6-10(2)8-11/h5-8,12-13H,4,9H2,1-3H3,(H,15,17). The third-order valence-electron chi connectivity index (χ3n) is 3.68. The highest BCUT2D eigenvalue weighted by Crippen LogP contribution is 2.47. The van der Waals surface area contributed by atoms with Gasteiger partial charge in [-0.25, -0.2) is 4.72 Å². The Morgan fingerprint density at radius 1 is 1.45 bits per heavy atom. The third kappa shape index (κ3) is 3.19. The molecule has 1 N–H and O–H groups in total. The minimum absolute atomic E-state index is 0.136. The summed E-state index contributed by atoms with van der Waals surface area (Å²) in [6.45, 7) is 4.05. The van der Waals surface area contributed by atoms with Gasteiger partial charge in [0.1, 0.15) is 0 Å². The van der Waals surface area contributed by atoms with Crippen LogP contribution in [0.2, 0.25) is 0 Å². The summed E-state index contributed by atoms with van der Waals surface area (Å²) in [5.74, 6) is -0.509. The number of nitrogens with one attached hydrogen (secondary N) is 1. The second-order valence-electron chi connectivity index (χ2n) is 5.25. The number of amides is 1. The fourth-order valence-corrected chi connectivity index (χ4v) is 3.11. The molecule has 1 amide bonds. The lowest BCUT2D eigenvalue weighted by Gasteiger charge is -2.15. The summed E-state index contributed by atoms with van der Waals surface area (Å²) in [5, 5.41) is 0. The molecular formula is C14H20N2O3S. The average Bonchev–Trinajstić information content (AvgIpc) is 3.17. The van der Waals surface area contributed by atoms with Crippen LogP contribution in [-0.2, 0) is 15.0 Å². The molecule has 1 saturated carbocycles. The molecule has 110 valence electrons. The molecule has 6 heteroatoms. The molecule has 2 atom stereocenters. The van der Waals surface area contributed by atoms with Crippen LogP contribution in [0.15, 0.2) is 24.3 Å². The van der Waals surface area contributed by atoms with Crippen LogP contribution in [0.4, 0.5) is 0 Å². The SMILES string of the molecule is CCN(C)S(=O)(=O)NC(=O)C1CC1c1cccc(C)c1. The minimum Gasteiger partial charge on any atom is -0.274 e. The topological polar surface area (TPSA) is 66.5 Å². The lowest BCUT2D eigenvalue weighted by Crippen LogP contribution is -2.42. The summed E-state index contributed by atoms with van der Waals surface area (Å²) in [5.41, 5.74) is 2.25. The van der Waals surface area contributed by atoms with Gasteiger partial charge in [0, 0.05) is 19.5 Å². The van der Waals surface area contributed by atoms with Crippen molar-refractivity contribution in [2.75, 3.05) is 13.6 Å². The highest BCUT2D eigenvalue weighted by Gasteiger charge is 2.45. The molecule has 0 bridgehead atoms. The van der Waals surface area contributed by atoms with Crippen molar-refractivity contribution >= 4 is 16.1 Å². The molecule has 2 unspecified atom stereocenters. The third-order valence-corrected chi connectivity index (χ3v) is 5.22. The summed E-state index contributed by atoms with van der Waals surface area (Å²) in [4.78, 5) is 12.0. The number of aryl methyl sites for hydroxylation is 1. The van der Waals surface area contributed by atoms with Gasteiger partial charge in [-0.3, -0.25) is 4.79 Å². The number of carbonyl (C=O) groups is 1. The molecule has 2 rings (SSSR count). The van der Waals surface area contributed by atoms with E-state index in [-0.39, 0.29) is 11.8 Å². The smallest absolute Gasteiger partial charge is 0.274 e. The maximum Gasteiger partial charge on any atom is 0.303 e. The van der Waals surface area contributed by atoms with Crippen LogP contribution in [0.1, 0.15) is 30.4 Å². The van der Waals surface area contributed by atoms with E-state index in [4.69, 9.17) is 0 Å². The monoisotopic (exact) mass is 296 g/mol. The van der Waals surface area contributed by atoms with Crippen molar-refractivity contribution in [2.24, 2.45) is 5.92 Å². The number of carbonyl (C=O) groups excluding carboxylic acids is 1. The fraction of sp³-hybridized carbons (Fsp3) is 0.500. The highest BCUT2D eigenvalue weighted by atomic mass is 32.2. The molecule has 5 nitrogen and oxygen atoms in total. The molecule has 0 saturated heterocycles. The predicted octanol–water partition coefficient (Wildman–Crippen LogP) is 1.41. The predicted molar refractivity (Wildman–Crippen MR) is 77.4 cm³/mol. The Bertz CT molecular complexity index is 613. The van der Waals surface area contributed by atoms with Crippen molar-refractivity contribution < 1.29 is 13.2 Å². The molecule has 1 aromatic carbocycles. The second kappa shape index (κ2) is 5.54. The zero-order valence-electron chi connectivity index (χ0n) is 12.0. The number of hydrogen-bond donors (Lipinski definition) is 1. The Balaban J connectivity index is 2.00. The molecule has 0 aliphatic heterocycles. The van der Waals surface area contributed by atoms with E-state index in [0.29, 0.717) is 13.0 Å². The molecule has 0 heterocycles. The van der Waals surface area contributed by atoms with Gasteiger partial charge in [0.2, 0.25) is 5.91 Å². The lowest BCUT2D eigenvalue weighted by molar-refractivity contribution is -0.120. The zero-order valence-corrected chi connectivity index (χ0v) is 12.8. The van der Waals surface area contributed by atoms with Gasteiger partial charge in [-0.1, -0.05) is 36.8 Å². The Labute approximate surface area is 120 Å². The quantitative estimate of drug-likeness (QED) is 0.893. The normalized spacial score (nSPS) is 21.8.